The number of nitriles is 1. The molecule has 1 aliphatic rings. The summed E-state index contributed by atoms with van der Waals surface area (Å²) in [6, 6.07) is 21.0. The Morgan fingerprint density at radius 1 is 0.968 bits per heavy atom. The van der Waals surface area contributed by atoms with Crippen LogP contribution in [-0.2, 0) is 4.79 Å². The summed E-state index contributed by atoms with van der Waals surface area (Å²) < 4.78 is 10.9. The molecule has 0 saturated carbocycles. The van der Waals surface area contributed by atoms with Crippen molar-refractivity contribution in [2.75, 3.05) is 32.7 Å². The molecule has 1 aliphatic heterocycles. The van der Waals surface area contributed by atoms with Crippen LogP contribution in [0.3, 0.4) is 0 Å². The molecular weight excluding hydrogens is 390 g/mol. The molecule has 0 fully saturated rings. The summed E-state index contributed by atoms with van der Waals surface area (Å²) in [4.78, 5) is 18.8. The van der Waals surface area contributed by atoms with Gasteiger partial charge in [-0.2, -0.15) is 5.26 Å². The molecule has 0 aromatic heterocycles. The van der Waals surface area contributed by atoms with Gasteiger partial charge in [0.2, 0.25) is 5.91 Å². The second-order valence-electron chi connectivity index (χ2n) is 7.11. The van der Waals surface area contributed by atoms with Crippen LogP contribution in [-0.4, -0.2) is 39.4 Å². The number of benzene rings is 3. The number of methoxy groups -OCH3 is 2. The Bertz CT molecular complexity index is 1220. The van der Waals surface area contributed by atoms with Crippen LogP contribution in [0.15, 0.2) is 65.7 Å². The molecule has 0 spiro atoms. The molecular formula is C25H21N3O3. The van der Waals surface area contributed by atoms with E-state index < -0.39 is 0 Å². The minimum Gasteiger partial charge on any atom is -0.497 e. The van der Waals surface area contributed by atoms with Gasteiger partial charge in [-0.3, -0.25) is 9.79 Å². The fourth-order valence-electron chi connectivity index (χ4n) is 3.66. The van der Waals surface area contributed by atoms with Crippen LogP contribution < -0.4 is 14.4 Å². The zero-order chi connectivity index (χ0) is 22.0. The van der Waals surface area contributed by atoms with Crippen LogP contribution in [0.25, 0.3) is 11.1 Å². The lowest BCUT2D eigenvalue weighted by molar-refractivity contribution is -0.116. The van der Waals surface area contributed by atoms with E-state index in [1.54, 1.807) is 38.3 Å². The molecule has 3 aromatic rings. The molecule has 1 amide bonds. The Hall–Kier alpha value is -4.11. The zero-order valence-electron chi connectivity index (χ0n) is 17.5. The first-order valence-electron chi connectivity index (χ1n) is 9.74. The normalized spacial score (nSPS) is 13.0. The number of ether oxygens (including phenoxy) is 2. The lowest BCUT2D eigenvalue weighted by Gasteiger charge is -2.21. The second-order valence-corrected chi connectivity index (χ2v) is 7.11. The van der Waals surface area contributed by atoms with Crippen molar-refractivity contribution in [3.05, 3.63) is 77.4 Å². The highest BCUT2D eigenvalue weighted by Gasteiger charge is 2.25. The first-order chi connectivity index (χ1) is 15.0. The van der Waals surface area contributed by atoms with Gasteiger partial charge < -0.3 is 14.4 Å². The average Bonchev–Trinajstić information content (AvgIpc) is 2.94. The zero-order valence-corrected chi connectivity index (χ0v) is 17.5. The van der Waals surface area contributed by atoms with Crippen LogP contribution in [0.1, 0.15) is 16.7 Å². The van der Waals surface area contributed by atoms with E-state index in [0.29, 0.717) is 22.7 Å². The Morgan fingerprint density at radius 3 is 2.42 bits per heavy atom. The lowest BCUT2D eigenvalue weighted by Crippen LogP contribution is -2.27. The summed E-state index contributed by atoms with van der Waals surface area (Å²) in [5.74, 6) is 1.29. The first kappa shape index (κ1) is 20.2. The Labute approximate surface area is 181 Å². The first-order valence-corrected chi connectivity index (χ1v) is 9.74. The maximum Gasteiger partial charge on any atom is 0.248 e. The van der Waals surface area contributed by atoms with Gasteiger partial charge in [0.25, 0.3) is 0 Å². The van der Waals surface area contributed by atoms with Crippen LogP contribution in [0.5, 0.6) is 11.5 Å². The number of nitrogens with zero attached hydrogens (tertiary/aromatic N) is 3. The maximum atomic E-state index is 12.6. The van der Waals surface area contributed by atoms with Gasteiger partial charge in [0.05, 0.1) is 37.3 Å². The molecule has 0 unspecified atom stereocenters. The number of anilines is 1. The van der Waals surface area contributed by atoms with Gasteiger partial charge >= 0.3 is 0 Å². The molecule has 1 heterocycles. The van der Waals surface area contributed by atoms with Crippen molar-refractivity contribution in [3.63, 3.8) is 0 Å². The molecule has 0 atom stereocenters. The van der Waals surface area contributed by atoms with Crippen molar-refractivity contribution in [3.8, 4) is 28.7 Å². The van der Waals surface area contributed by atoms with E-state index in [0.717, 1.165) is 28.0 Å². The number of benzodiazepines with no additional fused rings is 1. The summed E-state index contributed by atoms with van der Waals surface area (Å²) in [6.45, 7) is 0.0253. The molecule has 0 saturated heterocycles. The van der Waals surface area contributed by atoms with Gasteiger partial charge in [-0.15, -0.1) is 0 Å². The summed E-state index contributed by atoms with van der Waals surface area (Å²) in [6.07, 6.45) is 0. The van der Waals surface area contributed by atoms with Gasteiger partial charge in [-0.1, -0.05) is 24.3 Å². The second kappa shape index (κ2) is 8.33. The monoisotopic (exact) mass is 411 g/mol. The topological polar surface area (TPSA) is 74.9 Å². The Balaban J connectivity index is 1.95. The van der Waals surface area contributed by atoms with Crippen molar-refractivity contribution < 1.29 is 14.3 Å². The van der Waals surface area contributed by atoms with E-state index in [4.69, 9.17) is 9.47 Å². The number of hydrogen-bond acceptors (Lipinski definition) is 5. The fourth-order valence-corrected chi connectivity index (χ4v) is 3.66. The predicted octanol–water partition coefficient (Wildman–Crippen LogP) is 4.06. The van der Waals surface area contributed by atoms with Gasteiger partial charge in [-0.05, 0) is 35.9 Å². The highest BCUT2D eigenvalue weighted by atomic mass is 16.5. The largest absolute Gasteiger partial charge is 0.497 e. The van der Waals surface area contributed by atoms with E-state index in [1.807, 2.05) is 48.5 Å². The third-order valence-electron chi connectivity index (χ3n) is 5.35. The molecule has 0 radical (unpaired) electrons. The van der Waals surface area contributed by atoms with Crippen LogP contribution in [0.2, 0.25) is 0 Å². The van der Waals surface area contributed by atoms with Crippen molar-refractivity contribution in [1.82, 2.24) is 0 Å². The summed E-state index contributed by atoms with van der Waals surface area (Å²) >= 11 is 0. The van der Waals surface area contributed by atoms with E-state index in [-0.39, 0.29) is 12.5 Å². The van der Waals surface area contributed by atoms with E-state index in [1.165, 1.54) is 0 Å². The Kier molecular flexibility index (Phi) is 5.42. The molecule has 6 heteroatoms. The van der Waals surface area contributed by atoms with Crippen molar-refractivity contribution in [2.45, 2.75) is 0 Å². The molecule has 6 nitrogen and oxygen atoms in total. The van der Waals surface area contributed by atoms with Crippen molar-refractivity contribution in [2.24, 2.45) is 4.99 Å². The number of rotatable bonds is 4. The smallest absolute Gasteiger partial charge is 0.248 e. The molecule has 0 aliphatic carbocycles. The average molecular weight is 411 g/mol. The van der Waals surface area contributed by atoms with E-state index in [2.05, 4.69) is 11.1 Å². The fraction of sp³-hybridized carbons (Fsp3) is 0.160. The third-order valence-corrected chi connectivity index (χ3v) is 5.35. The summed E-state index contributed by atoms with van der Waals surface area (Å²) in [7, 11) is 4.97. The minimum atomic E-state index is -0.119. The summed E-state index contributed by atoms with van der Waals surface area (Å²) in [5.41, 5.74) is 5.32. The molecule has 0 bridgehead atoms. The number of carbonyl (C=O) groups excluding carboxylic acids is 1. The minimum absolute atomic E-state index is 0.0253. The molecule has 3 aromatic carbocycles. The Morgan fingerprint density at radius 2 is 1.74 bits per heavy atom. The SMILES string of the molecule is COc1ccc(-c2cc3c(cc2OC)N(C)C(=O)CN=C3c2cccc(C#N)c2)cc1. The molecule has 0 N–H and O–H groups in total. The molecule has 154 valence electrons. The number of amides is 1. The molecule has 31 heavy (non-hydrogen) atoms. The number of hydrogen-bond donors (Lipinski definition) is 0. The number of likely N-dealkylation sites (N-methyl/N-ethyl adjacent to an activating group) is 1. The van der Waals surface area contributed by atoms with Gasteiger partial charge in [0.1, 0.15) is 18.0 Å². The van der Waals surface area contributed by atoms with E-state index >= 15 is 0 Å². The maximum absolute atomic E-state index is 12.6. The van der Waals surface area contributed by atoms with Gasteiger partial charge in [0.15, 0.2) is 0 Å². The molecule has 4 rings (SSSR count). The van der Waals surface area contributed by atoms with Crippen LogP contribution in [0, 0.1) is 11.3 Å². The van der Waals surface area contributed by atoms with Crippen molar-refractivity contribution in [1.29, 1.82) is 5.26 Å². The van der Waals surface area contributed by atoms with Gasteiger partial charge in [0, 0.05) is 29.8 Å². The van der Waals surface area contributed by atoms with Crippen molar-refractivity contribution >= 4 is 17.3 Å². The summed E-state index contributed by atoms with van der Waals surface area (Å²) in [5, 5.41) is 9.32. The van der Waals surface area contributed by atoms with E-state index in [9.17, 15) is 10.1 Å². The number of carbonyl (C=O) groups is 1. The van der Waals surface area contributed by atoms with Gasteiger partial charge in [-0.25, -0.2) is 0 Å². The lowest BCUT2D eigenvalue weighted by atomic mass is 9.94. The predicted molar refractivity (Wildman–Crippen MR) is 120 cm³/mol. The van der Waals surface area contributed by atoms with Crippen LogP contribution >= 0.6 is 0 Å². The number of fused-ring (bicyclic) bond motifs is 1. The standard InChI is InChI=1S/C25H21N3O3/c1-28-22-13-23(31-3)20(17-7-9-19(30-2)10-8-17)12-21(22)25(27-15-24(28)29)18-6-4-5-16(11-18)14-26/h4-13H,15H2,1-3H3. The van der Waals surface area contributed by atoms with Crippen LogP contribution in [0.4, 0.5) is 5.69 Å². The third kappa shape index (κ3) is 3.74. The highest BCUT2D eigenvalue weighted by Crippen LogP contribution is 2.38. The highest BCUT2D eigenvalue weighted by molar-refractivity contribution is 6.20. The quantitative estimate of drug-likeness (QED) is 0.649. The number of aliphatic imine (C=N–C) groups is 1.